The second-order valence-electron chi connectivity index (χ2n) is 6.02. The smallest absolute Gasteiger partial charge is 0.304 e. The minimum Gasteiger partial charge on any atom is -0.496 e. The lowest BCUT2D eigenvalue weighted by Gasteiger charge is -2.18. The van der Waals surface area contributed by atoms with Crippen LogP contribution in [0.15, 0.2) is 42.6 Å². The number of ether oxygens (including phenoxy) is 1. The molecule has 27 heavy (non-hydrogen) atoms. The Morgan fingerprint density at radius 2 is 2.15 bits per heavy atom. The molecule has 1 heterocycles. The third-order valence-corrected chi connectivity index (χ3v) is 5.50. The number of rotatable bonds is 6. The van der Waals surface area contributed by atoms with Gasteiger partial charge in [0.2, 0.25) is 0 Å². The highest BCUT2D eigenvalue weighted by molar-refractivity contribution is 7.11. The van der Waals surface area contributed by atoms with E-state index >= 15 is 0 Å². The van der Waals surface area contributed by atoms with Crippen LogP contribution in [0.3, 0.4) is 0 Å². The third kappa shape index (κ3) is 4.12. The first-order valence-corrected chi connectivity index (χ1v) is 9.36. The van der Waals surface area contributed by atoms with Crippen LogP contribution in [-0.4, -0.2) is 23.2 Å². The zero-order chi connectivity index (χ0) is 19.6. The standard InChI is InChI=1S/C20H17ClFNO3S/c1-11-10-23-20(27-11)15(9-18(24)25)14-8-12(6-7-17(14)26-2)13-4-3-5-16(21)19(13)22/h3-8,10,15H,9H2,1-2H3,(H,24,25). The van der Waals surface area contributed by atoms with Crippen LogP contribution in [0.25, 0.3) is 11.1 Å². The van der Waals surface area contributed by atoms with Gasteiger partial charge in [-0.3, -0.25) is 4.79 Å². The van der Waals surface area contributed by atoms with Crippen LogP contribution in [0.4, 0.5) is 4.39 Å². The van der Waals surface area contributed by atoms with Crippen LogP contribution < -0.4 is 4.74 Å². The number of halogens is 2. The number of carbonyl (C=O) groups is 1. The van der Waals surface area contributed by atoms with Gasteiger partial charge >= 0.3 is 5.97 Å². The molecule has 1 atom stereocenters. The average molecular weight is 406 g/mol. The molecule has 0 amide bonds. The SMILES string of the molecule is COc1ccc(-c2cccc(Cl)c2F)cc1C(CC(=O)O)c1ncc(C)s1. The van der Waals surface area contributed by atoms with Crippen molar-refractivity contribution in [2.45, 2.75) is 19.3 Å². The lowest BCUT2D eigenvalue weighted by molar-refractivity contribution is -0.137. The van der Waals surface area contributed by atoms with Crippen LogP contribution in [0.2, 0.25) is 5.02 Å². The van der Waals surface area contributed by atoms with Gasteiger partial charge in [0.15, 0.2) is 0 Å². The largest absolute Gasteiger partial charge is 0.496 e. The summed E-state index contributed by atoms with van der Waals surface area (Å²) in [7, 11) is 1.52. The van der Waals surface area contributed by atoms with Gasteiger partial charge in [-0.15, -0.1) is 11.3 Å². The normalized spacial score (nSPS) is 12.0. The molecule has 0 saturated carbocycles. The van der Waals surface area contributed by atoms with Crippen LogP contribution >= 0.6 is 22.9 Å². The fourth-order valence-corrected chi connectivity index (χ4v) is 4.01. The Bertz CT molecular complexity index is 989. The van der Waals surface area contributed by atoms with Crippen molar-refractivity contribution < 1.29 is 19.0 Å². The molecule has 1 N–H and O–H groups in total. The summed E-state index contributed by atoms with van der Waals surface area (Å²) in [5.74, 6) is -1.44. The molecule has 1 aromatic heterocycles. The van der Waals surface area contributed by atoms with E-state index in [2.05, 4.69) is 4.98 Å². The fourth-order valence-electron chi connectivity index (χ4n) is 2.94. The Balaban J connectivity index is 2.16. The third-order valence-electron chi connectivity index (χ3n) is 4.18. The van der Waals surface area contributed by atoms with Crippen molar-refractivity contribution in [2.75, 3.05) is 7.11 Å². The number of methoxy groups -OCH3 is 1. The molecule has 0 saturated heterocycles. The minimum atomic E-state index is -0.950. The number of aromatic nitrogens is 1. The van der Waals surface area contributed by atoms with Crippen molar-refractivity contribution >= 4 is 28.9 Å². The number of hydrogen-bond donors (Lipinski definition) is 1. The first-order chi connectivity index (χ1) is 12.9. The molecular weight excluding hydrogens is 389 g/mol. The highest BCUT2D eigenvalue weighted by atomic mass is 35.5. The van der Waals surface area contributed by atoms with E-state index in [9.17, 15) is 14.3 Å². The number of thiazole rings is 1. The zero-order valence-electron chi connectivity index (χ0n) is 14.7. The van der Waals surface area contributed by atoms with Crippen molar-refractivity contribution in [2.24, 2.45) is 0 Å². The summed E-state index contributed by atoms with van der Waals surface area (Å²) in [5.41, 5.74) is 1.58. The number of nitrogens with zero attached hydrogens (tertiary/aromatic N) is 1. The van der Waals surface area contributed by atoms with Gasteiger partial charge < -0.3 is 9.84 Å². The van der Waals surface area contributed by atoms with Crippen molar-refractivity contribution in [3.05, 3.63) is 68.9 Å². The van der Waals surface area contributed by atoms with E-state index in [0.717, 1.165) is 4.88 Å². The summed E-state index contributed by atoms with van der Waals surface area (Å²) in [4.78, 5) is 16.8. The van der Waals surface area contributed by atoms with E-state index in [1.54, 1.807) is 36.5 Å². The molecular formula is C20H17ClFNO3S. The van der Waals surface area contributed by atoms with Gasteiger partial charge in [-0.05, 0) is 30.7 Å². The lowest BCUT2D eigenvalue weighted by atomic mass is 9.92. The zero-order valence-corrected chi connectivity index (χ0v) is 16.3. The second kappa shape index (κ2) is 8.06. The molecule has 0 aliphatic heterocycles. The van der Waals surface area contributed by atoms with Crippen LogP contribution in [0.5, 0.6) is 5.75 Å². The second-order valence-corrected chi connectivity index (χ2v) is 7.69. The molecule has 0 aliphatic rings. The van der Waals surface area contributed by atoms with E-state index in [1.807, 2.05) is 6.92 Å². The maximum Gasteiger partial charge on any atom is 0.304 e. The number of benzene rings is 2. The van der Waals surface area contributed by atoms with Crippen molar-refractivity contribution in [1.82, 2.24) is 4.98 Å². The van der Waals surface area contributed by atoms with Crippen LogP contribution in [0.1, 0.15) is 27.8 Å². The van der Waals surface area contributed by atoms with Gasteiger partial charge in [0.1, 0.15) is 16.6 Å². The van der Waals surface area contributed by atoms with Crippen molar-refractivity contribution in [3.63, 3.8) is 0 Å². The number of carboxylic acid groups (broad SMARTS) is 1. The summed E-state index contributed by atoms with van der Waals surface area (Å²) in [6, 6.07) is 9.97. The number of aryl methyl sites for hydroxylation is 1. The summed E-state index contributed by atoms with van der Waals surface area (Å²) in [6.45, 7) is 1.91. The van der Waals surface area contributed by atoms with E-state index in [0.29, 0.717) is 27.4 Å². The van der Waals surface area contributed by atoms with E-state index < -0.39 is 17.7 Å². The van der Waals surface area contributed by atoms with Gasteiger partial charge in [-0.1, -0.05) is 29.8 Å². The first-order valence-electron chi connectivity index (χ1n) is 8.17. The van der Waals surface area contributed by atoms with Crippen molar-refractivity contribution in [1.29, 1.82) is 0 Å². The Kier molecular flexibility index (Phi) is 5.77. The molecule has 0 aliphatic carbocycles. The molecule has 3 rings (SSSR count). The Hall–Kier alpha value is -2.44. The summed E-state index contributed by atoms with van der Waals surface area (Å²) >= 11 is 7.34. The molecule has 0 radical (unpaired) electrons. The fraction of sp³-hybridized carbons (Fsp3) is 0.200. The van der Waals surface area contributed by atoms with Gasteiger partial charge in [0.05, 0.1) is 24.5 Å². The lowest BCUT2D eigenvalue weighted by Crippen LogP contribution is -2.09. The van der Waals surface area contributed by atoms with E-state index in [4.69, 9.17) is 16.3 Å². The summed E-state index contributed by atoms with van der Waals surface area (Å²) in [6.07, 6.45) is 1.56. The predicted molar refractivity (Wildman–Crippen MR) is 104 cm³/mol. The van der Waals surface area contributed by atoms with Gasteiger partial charge in [0, 0.05) is 22.2 Å². The molecule has 3 aromatic rings. The number of hydrogen-bond acceptors (Lipinski definition) is 4. The highest BCUT2D eigenvalue weighted by Crippen LogP contribution is 2.39. The molecule has 0 fully saturated rings. The number of aliphatic carboxylic acids is 1. The molecule has 2 aromatic carbocycles. The van der Waals surface area contributed by atoms with Crippen LogP contribution in [-0.2, 0) is 4.79 Å². The van der Waals surface area contributed by atoms with E-state index in [-0.39, 0.29) is 11.4 Å². The van der Waals surface area contributed by atoms with Gasteiger partial charge in [-0.2, -0.15) is 0 Å². The average Bonchev–Trinajstić information content (AvgIpc) is 3.07. The molecule has 4 nitrogen and oxygen atoms in total. The minimum absolute atomic E-state index is 0.0301. The molecule has 0 spiro atoms. The summed E-state index contributed by atoms with van der Waals surface area (Å²) < 4.78 is 19.9. The molecule has 7 heteroatoms. The van der Waals surface area contributed by atoms with E-state index in [1.165, 1.54) is 24.5 Å². The number of carboxylic acids is 1. The maximum atomic E-state index is 14.5. The molecule has 0 bridgehead atoms. The summed E-state index contributed by atoms with van der Waals surface area (Å²) in [5, 5.41) is 10.1. The first kappa shape index (κ1) is 19.3. The van der Waals surface area contributed by atoms with Crippen molar-refractivity contribution in [3.8, 4) is 16.9 Å². The molecule has 1 unspecified atom stereocenters. The highest BCUT2D eigenvalue weighted by Gasteiger charge is 2.25. The Morgan fingerprint density at radius 3 is 2.78 bits per heavy atom. The Morgan fingerprint density at radius 1 is 1.37 bits per heavy atom. The monoisotopic (exact) mass is 405 g/mol. The Labute approximate surface area is 165 Å². The quantitative estimate of drug-likeness (QED) is 0.586. The van der Waals surface area contributed by atoms with Crippen LogP contribution in [0, 0.1) is 12.7 Å². The predicted octanol–water partition coefficient (Wildman–Crippen LogP) is 5.53. The van der Waals surface area contributed by atoms with Gasteiger partial charge in [0.25, 0.3) is 0 Å². The van der Waals surface area contributed by atoms with Gasteiger partial charge in [-0.25, -0.2) is 9.37 Å². The molecule has 140 valence electrons. The topological polar surface area (TPSA) is 59.4 Å². The maximum absolute atomic E-state index is 14.5.